The number of hydrogen-bond acceptors (Lipinski definition) is 2. The zero-order chi connectivity index (χ0) is 9.80. The van der Waals surface area contributed by atoms with Gasteiger partial charge in [-0.1, -0.05) is 6.08 Å². The molecule has 1 aliphatic carbocycles. The van der Waals surface area contributed by atoms with E-state index in [1.807, 2.05) is 0 Å². The number of carbonyl (C=O) groups excluding carboxylic acids is 1. The van der Waals surface area contributed by atoms with Crippen LogP contribution in [0, 0.1) is 5.92 Å². The summed E-state index contributed by atoms with van der Waals surface area (Å²) in [6.45, 7) is 1.49. The molecule has 0 aromatic carbocycles. The van der Waals surface area contributed by atoms with Gasteiger partial charge in [0.05, 0.1) is 6.61 Å². The van der Waals surface area contributed by atoms with Crippen LogP contribution in [0.5, 0.6) is 0 Å². The van der Waals surface area contributed by atoms with Crippen LogP contribution in [-0.2, 0) is 9.53 Å². The molecule has 0 N–H and O–H groups in total. The van der Waals surface area contributed by atoms with Crippen LogP contribution in [-0.4, -0.2) is 19.0 Å². The Morgan fingerprint density at radius 3 is 2.93 bits per heavy atom. The minimum absolute atomic E-state index is 0.160. The summed E-state index contributed by atoms with van der Waals surface area (Å²) in [6, 6.07) is 0. The highest BCUT2D eigenvalue weighted by Crippen LogP contribution is 2.24. The lowest BCUT2D eigenvalue weighted by molar-refractivity contribution is -0.123. The molecule has 1 atom stereocenters. The Morgan fingerprint density at radius 1 is 1.36 bits per heavy atom. The molecule has 2 aliphatic rings. The molecule has 1 saturated heterocycles. The molecule has 0 spiro atoms. The van der Waals surface area contributed by atoms with Crippen LogP contribution >= 0.6 is 0 Å². The van der Waals surface area contributed by atoms with Gasteiger partial charge >= 0.3 is 0 Å². The molecule has 2 heteroatoms. The molecular formula is C12H18O2. The zero-order valence-electron chi connectivity index (χ0n) is 8.63. The van der Waals surface area contributed by atoms with Crippen molar-refractivity contribution in [1.29, 1.82) is 0 Å². The van der Waals surface area contributed by atoms with E-state index in [1.54, 1.807) is 0 Å². The van der Waals surface area contributed by atoms with Crippen molar-refractivity contribution in [2.24, 2.45) is 5.92 Å². The standard InChI is InChI=1S/C12H18O2/c13-12(10-5-2-1-3-6-10)11-7-4-8-14-9-11/h5,11H,1-4,6-9H2. The first-order chi connectivity index (χ1) is 6.88. The van der Waals surface area contributed by atoms with Crippen LogP contribution in [0.1, 0.15) is 38.5 Å². The lowest BCUT2D eigenvalue weighted by atomic mass is 9.87. The number of rotatable bonds is 2. The maximum Gasteiger partial charge on any atom is 0.163 e. The first-order valence-electron chi connectivity index (χ1n) is 5.69. The Bertz CT molecular complexity index is 237. The van der Waals surface area contributed by atoms with E-state index in [4.69, 9.17) is 4.74 Å². The molecule has 78 valence electrons. The second-order valence-corrected chi connectivity index (χ2v) is 4.25. The van der Waals surface area contributed by atoms with Crippen molar-refractivity contribution < 1.29 is 9.53 Å². The summed E-state index contributed by atoms with van der Waals surface area (Å²) in [7, 11) is 0. The summed E-state index contributed by atoms with van der Waals surface area (Å²) in [5.74, 6) is 0.525. The largest absolute Gasteiger partial charge is 0.381 e. The maximum absolute atomic E-state index is 12.0. The normalized spacial score (nSPS) is 28.3. The predicted molar refractivity (Wildman–Crippen MR) is 55.1 cm³/mol. The van der Waals surface area contributed by atoms with E-state index >= 15 is 0 Å². The fourth-order valence-corrected chi connectivity index (χ4v) is 2.27. The Hall–Kier alpha value is -0.630. The van der Waals surface area contributed by atoms with E-state index < -0.39 is 0 Å². The molecule has 0 aromatic rings. The Balaban J connectivity index is 1.95. The third kappa shape index (κ3) is 2.24. The summed E-state index contributed by atoms with van der Waals surface area (Å²) in [4.78, 5) is 12.0. The van der Waals surface area contributed by atoms with Gasteiger partial charge in [0.1, 0.15) is 0 Å². The van der Waals surface area contributed by atoms with Crippen molar-refractivity contribution in [2.75, 3.05) is 13.2 Å². The minimum atomic E-state index is 0.160. The minimum Gasteiger partial charge on any atom is -0.381 e. The number of ether oxygens (including phenoxy) is 1. The number of carbonyl (C=O) groups is 1. The predicted octanol–water partition coefficient (Wildman–Crippen LogP) is 2.48. The van der Waals surface area contributed by atoms with Gasteiger partial charge < -0.3 is 4.74 Å². The van der Waals surface area contributed by atoms with Crippen molar-refractivity contribution in [3.05, 3.63) is 11.6 Å². The lowest BCUT2D eigenvalue weighted by Gasteiger charge is -2.23. The molecule has 0 amide bonds. The van der Waals surface area contributed by atoms with Gasteiger partial charge in [0.15, 0.2) is 5.78 Å². The second-order valence-electron chi connectivity index (χ2n) is 4.25. The topological polar surface area (TPSA) is 26.3 Å². The number of hydrogen-bond donors (Lipinski definition) is 0. The maximum atomic E-state index is 12.0. The molecule has 2 nitrogen and oxygen atoms in total. The molecule has 0 aromatic heterocycles. The third-order valence-electron chi connectivity index (χ3n) is 3.14. The summed E-state index contributed by atoms with van der Waals surface area (Å²) in [5.41, 5.74) is 1.08. The fraction of sp³-hybridized carbons (Fsp3) is 0.750. The van der Waals surface area contributed by atoms with Crippen molar-refractivity contribution in [2.45, 2.75) is 38.5 Å². The first kappa shape index (κ1) is 9.91. The van der Waals surface area contributed by atoms with E-state index in [-0.39, 0.29) is 5.92 Å². The third-order valence-corrected chi connectivity index (χ3v) is 3.14. The molecule has 0 radical (unpaired) electrons. The van der Waals surface area contributed by atoms with Gasteiger partial charge in [-0.2, -0.15) is 0 Å². The first-order valence-corrected chi connectivity index (χ1v) is 5.69. The van der Waals surface area contributed by atoms with Crippen molar-refractivity contribution >= 4 is 5.78 Å². The Kier molecular flexibility index (Phi) is 3.35. The summed E-state index contributed by atoms with van der Waals surface area (Å²) >= 11 is 0. The van der Waals surface area contributed by atoms with Crippen LogP contribution in [0.25, 0.3) is 0 Å². The van der Waals surface area contributed by atoms with Crippen LogP contribution in [0.2, 0.25) is 0 Å². The average molecular weight is 194 g/mol. The Morgan fingerprint density at radius 2 is 2.29 bits per heavy atom. The van der Waals surface area contributed by atoms with Crippen molar-refractivity contribution in [1.82, 2.24) is 0 Å². The highest BCUT2D eigenvalue weighted by molar-refractivity contribution is 5.97. The van der Waals surface area contributed by atoms with E-state index in [2.05, 4.69) is 6.08 Å². The Labute approximate surface area is 85.3 Å². The molecule has 14 heavy (non-hydrogen) atoms. The average Bonchev–Trinajstić information content (AvgIpc) is 2.30. The zero-order valence-corrected chi connectivity index (χ0v) is 8.63. The van der Waals surface area contributed by atoms with Crippen LogP contribution in [0.4, 0.5) is 0 Å². The van der Waals surface area contributed by atoms with Crippen molar-refractivity contribution in [3.8, 4) is 0 Å². The van der Waals surface area contributed by atoms with E-state index in [0.717, 1.165) is 37.9 Å². The van der Waals surface area contributed by atoms with Crippen LogP contribution in [0.3, 0.4) is 0 Å². The second kappa shape index (κ2) is 4.74. The molecule has 0 bridgehead atoms. The van der Waals surface area contributed by atoms with Gasteiger partial charge in [0.25, 0.3) is 0 Å². The lowest BCUT2D eigenvalue weighted by Crippen LogP contribution is -2.26. The van der Waals surface area contributed by atoms with Gasteiger partial charge in [0, 0.05) is 12.5 Å². The van der Waals surface area contributed by atoms with Gasteiger partial charge in [-0.25, -0.2) is 0 Å². The van der Waals surface area contributed by atoms with E-state index in [9.17, 15) is 4.79 Å². The number of Topliss-reactive ketones (excluding diaryl/α,β-unsaturated/α-hetero) is 1. The van der Waals surface area contributed by atoms with Gasteiger partial charge in [-0.05, 0) is 44.1 Å². The summed E-state index contributed by atoms with van der Waals surface area (Å²) < 4.78 is 5.35. The molecule has 0 saturated carbocycles. The van der Waals surface area contributed by atoms with E-state index in [1.165, 1.54) is 12.8 Å². The molecule has 1 aliphatic heterocycles. The van der Waals surface area contributed by atoms with E-state index in [0.29, 0.717) is 12.4 Å². The highest BCUT2D eigenvalue weighted by Gasteiger charge is 2.24. The molecule has 1 heterocycles. The SMILES string of the molecule is O=C(C1=CCCCC1)C1CCCOC1. The monoisotopic (exact) mass is 194 g/mol. The molecule has 2 rings (SSSR count). The van der Waals surface area contributed by atoms with Crippen LogP contribution in [0.15, 0.2) is 11.6 Å². The quantitative estimate of drug-likeness (QED) is 0.675. The van der Waals surface area contributed by atoms with Gasteiger partial charge in [-0.15, -0.1) is 0 Å². The number of allylic oxidation sites excluding steroid dienone is 2. The summed E-state index contributed by atoms with van der Waals surface area (Å²) in [5, 5.41) is 0. The fourth-order valence-electron chi connectivity index (χ4n) is 2.27. The van der Waals surface area contributed by atoms with Gasteiger partial charge in [0.2, 0.25) is 0 Å². The molecular weight excluding hydrogens is 176 g/mol. The van der Waals surface area contributed by atoms with Crippen LogP contribution < -0.4 is 0 Å². The summed E-state index contributed by atoms with van der Waals surface area (Å²) in [6.07, 6.45) is 8.73. The van der Waals surface area contributed by atoms with Crippen molar-refractivity contribution in [3.63, 3.8) is 0 Å². The highest BCUT2D eigenvalue weighted by atomic mass is 16.5. The molecule has 1 fully saturated rings. The number of ketones is 1. The molecule has 1 unspecified atom stereocenters. The van der Waals surface area contributed by atoms with Gasteiger partial charge in [-0.3, -0.25) is 4.79 Å². The smallest absolute Gasteiger partial charge is 0.163 e.